The number of fused-ring (bicyclic) bond motifs is 1. The maximum Gasteiger partial charge on any atom is 0.408 e. The summed E-state index contributed by atoms with van der Waals surface area (Å²) >= 11 is 0. The van der Waals surface area contributed by atoms with Gasteiger partial charge < -0.3 is 15.0 Å². The van der Waals surface area contributed by atoms with Crippen LogP contribution in [-0.2, 0) is 9.53 Å². The predicted octanol–water partition coefficient (Wildman–Crippen LogP) is 1.77. The Kier molecular flexibility index (Phi) is 3.74. The van der Waals surface area contributed by atoms with Crippen molar-refractivity contribution in [3.05, 3.63) is 0 Å². The summed E-state index contributed by atoms with van der Waals surface area (Å²) in [6.45, 7) is 8.83. The predicted molar refractivity (Wildman–Crippen MR) is 71.6 cm³/mol. The van der Waals surface area contributed by atoms with E-state index in [1.807, 2.05) is 4.90 Å². The molecule has 1 aliphatic carbocycles. The largest absolute Gasteiger partial charge is 0.444 e. The zero-order valence-corrected chi connectivity index (χ0v) is 12.2. The van der Waals surface area contributed by atoms with Gasteiger partial charge in [-0.15, -0.1) is 0 Å². The molecule has 19 heavy (non-hydrogen) atoms. The Morgan fingerprint density at radius 1 is 1.21 bits per heavy atom. The first kappa shape index (κ1) is 14.2. The second kappa shape index (κ2) is 5.02. The lowest BCUT2D eigenvalue weighted by molar-refractivity contribution is -0.132. The number of nitrogens with one attached hydrogen (secondary N) is 1. The lowest BCUT2D eigenvalue weighted by atomic mass is 9.77. The quantitative estimate of drug-likeness (QED) is 0.830. The van der Waals surface area contributed by atoms with Crippen molar-refractivity contribution in [3.63, 3.8) is 0 Å². The van der Waals surface area contributed by atoms with E-state index >= 15 is 0 Å². The van der Waals surface area contributed by atoms with E-state index in [4.69, 9.17) is 4.74 Å². The molecule has 1 saturated heterocycles. The van der Waals surface area contributed by atoms with Crippen molar-refractivity contribution >= 4 is 12.0 Å². The van der Waals surface area contributed by atoms with Crippen molar-refractivity contribution in [1.82, 2.24) is 10.2 Å². The highest BCUT2D eigenvalue weighted by Crippen LogP contribution is 2.40. The summed E-state index contributed by atoms with van der Waals surface area (Å²) in [4.78, 5) is 25.7. The lowest BCUT2D eigenvalue weighted by Crippen LogP contribution is -2.47. The maximum absolute atomic E-state index is 12.2. The van der Waals surface area contributed by atoms with E-state index in [0.29, 0.717) is 11.8 Å². The van der Waals surface area contributed by atoms with Gasteiger partial charge in [0.2, 0.25) is 5.91 Å². The van der Waals surface area contributed by atoms with Crippen molar-refractivity contribution in [2.75, 3.05) is 13.1 Å². The summed E-state index contributed by atoms with van der Waals surface area (Å²) < 4.78 is 5.15. The van der Waals surface area contributed by atoms with E-state index in [2.05, 4.69) is 5.32 Å². The Morgan fingerprint density at radius 2 is 1.74 bits per heavy atom. The molecule has 0 aromatic heterocycles. The molecule has 1 saturated carbocycles. The molecule has 5 heteroatoms. The summed E-state index contributed by atoms with van der Waals surface area (Å²) in [5.41, 5.74) is -0.542. The Balaban J connectivity index is 1.81. The van der Waals surface area contributed by atoms with Crippen LogP contribution in [0.2, 0.25) is 0 Å². The Bertz CT molecular complexity index is 363. The lowest BCUT2D eigenvalue weighted by Gasteiger charge is -2.27. The fraction of sp³-hybridized carbons (Fsp3) is 0.857. The minimum absolute atomic E-state index is 0.000240. The zero-order chi connectivity index (χ0) is 14.2. The molecule has 5 nitrogen and oxygen atoms in total. The van der Waals surface area contributed by atoms with Crippen LogP contribution >= 0.6 is 0 Å². The number of hydrogen-bond acceptors (Lipinski definition) is 3. The molecule has 3 atom stereocenters. The van der Waals surface area contributed by atoms with Gasteiger partial charge in [-0.05, 0) is 52.4 Å². The van der Waals surface area contributed by atoms with Crippen molar-refractivity contribution in [1.29, 1.82) is 0 Å². The monoisotopic (exact) mass is 268 g/mol. The number of ether oxygens (including phenoxy) is 1. The average Bonchev–Trinajstić information content (AvgIpc) is 2.51. The number of rotatable bonds is 2. The second-order valence-corrected chi connectivity index (χ2v) is 6.71. The Hall–Kier alpha value is -1.26. The molecule has 1 heterocycles. The number of alkyl carbamates (subject to hydrolysis) is 1. The third-order valence-corrected chi connectivity index (χ3v) is 3.90. The molecule has 2 fully saturated rings. The summed E-state index contributed by atoms with van der Waals surface area (Å²) in [6.07, 6.45) is 1.94. The molecule has 0 bridgehead atoms. The van der Waals surface area contributed by atoms with E-state index < -0.39 is 17.7 Å². The normalized spacial score (nSPS) is 27.3. The highest BCUT2D eigenvalue weighted by molar-refractivity contribution is 5.85. The van der Waals surface area contributed by atoms with Gasteiger partial charge in [-0.25, -0.2) is 4.79 Å². The molecular weight excluding hydrogens is 244 g/mol. The number of nitrogens with zero attached hydrogens (tertiary/aromatic N) is 1. The molecule has 0 radical (unpaired) electrons. The van der Waals surface area contributed by atoms with E-state index in [1.165, 1.54) is 12.8 Å². The minimum Gasteiger partial charge on any atom is -0.444 e. The van der Waals surface area contributed by atoms with Gasteiger partial charge in [0.1, 0.15) is 11.6 Å². The Labute approximate surface area is 114 Å². The third kappa shape index (κ3) is 3.39. The average molecular weight is 268 g/mol. The van der Waals surface area contributed by atoms with Gasteiger partial charge in [0.05, 0.1) is 0 Å². The first-order valence-corrected chi connectivity index (χ1v) is 7.04. The minimum atomic E-state index is -0.542. The van der Waals surface area contributed by atoms with Crippen LogP contribution in [0.1, 0.15) is 40.5 Å². The maximum atomic E-state index is 12.2. The van der Waals surface area contributed by atoms with Gasteiger partial charge in [0.15, 0.2) is 0 Å². The first-order valence-electron chi connectivity index (χ1n) is 7.04. The number of likely N-dealkylation sites (tertiary alicyclic amines) is 1. The van der Waals surface area contributed by atoms with Gasteiger partial charge in [-0.2, -0.15) is 0 Å². The zero-order valence-electron chi connectivity index (χ0n) is 12.2. The molecule has 0 aromatic rings. The van der Waals surface area contributed by atoms with Crippen LogP contribution < -0.4 is 5.32 Å². The van der Waals surface area contributed by atoms with E-state index in [9.17, 15) is 9.59 Å². The molecule has 2 amide bonds. The number of amides is 2. The van der Waals surface area contributed by atoms with Crippen LogP contribution in [0.3, 0.4) is 0 Å². The number of hydrogen-bond donors (Lipinski definition) is 1. The fourth-order valence-corrected chi connectivity index (χ4v) is 2.76. The fourth-order valence-electron chi connectivity index (χ4n) is 2.76. The van der Waals surface area contributed by atoms with Crippen molar-refractivity contribution in [2.24, 2.45) is 11.8 Å². The van der Waals surface area contributed by atoms with Crippen LogP contribution in [0.5, 0.6) is 0 Å². The van der Waals surface area contributed by atoms with Crippen molar-refractivity contribution in [2.45, 2.75) is 52.2 Å². The van der Waals surface area contributed by atoms with Crippen LogP contribution in [-0.4, -0.2) is 41.6 Å². The van der Waals surface area contributed by atoms with Crippen LogP contribution in [0.25, 0.3) is 0 Å². The first-order chi connectivity index (χ1) is 8.76. The summed E-state index contributed by atoms with van der Waals surface area (Å²) in [7, 11) is 0. The molecular formula is C14H24N2O3. The van der Waals surface area contributed by atoms with E-state index in [1.54, 1.807) is 27.7 Å². The van der Waals surface area contributed by atoms with Crippen molar-refractivity contribution in [3.8, 4) is 0 Å². The number of carbonyl (C=O) groups is 2. The third-order valence-electron chi connectivity index (χ3n) is 3.90. The molecule has 0 aromatic carbocycles. The number of carbonyl (C=O) groups excluding carboxylic acids is 2. The summed E-state index contributed by atoms with van der Waals surface area (Å²) in [5, 5.41) is 2.61. The van der Waals surface area contributed by atoms with E-state index in [-0.39, 0.29) is 5.91 Å². The molecule has 108 valence electrons. The second-order valence-electron chi connectivity index (χ2n) is 6.71. The summed E-state index contributed by atoms with van der Waals surface area (Å²) in [6, 6.07) is -0.521. The van der Waals surface area contributed by atoms with Gasteiger partial charge in [0, 0.05) is 13.1 Å². The topological polar surface area (TPSA) is 58.6 Å². The van der Waals surface area contributed by atoms with Crippen LogP contribution in [0.15, 0.2) is 0 Å². The van der Waals surface area contributed by atoms with Gasteiger partial charge >= 0.3 is 6.09 Å². The molecule has 2 aliphatic rings. The van der Waals surface area contributed by atoms with Crippen molar-refractivity contribution < 1.29 is 14.3 Å². The molecule has 2 unspecified atom stereocenters. The molecule has 1 aliphatic heterocycles. The Morgan fingerprint density at radius 3 is 2.16 bits per heavy atom. The standard InChI is InChI=1S/C14H24N2O3/c1-9(15-13(18)19-14(2,3)4)12(17)16-7-10-5-6-11(10)8-16/h9-11H,5-8H2,1-4H3,(H,15,18)/t9-,10?,11?/m1/s1. The highest BCUT2D eigenvalue weighted by atomic mass is 16.6. The van der Waals surface area contributed by atoms with Gasteiger partial charge in [-0.3, -0.25) is 4.79 Å². The molecule has 1 N–H and O–H groups in total. The van der Waals surface area contributed by atoms with Crippen LogP contribution in [0, 0.1) is 11.8 Å². The van der Waals surface area contributed by atoms with Gasteiger partial charge in [0.25, 0.3) is 0 Å². The van der Waals surface area contributed by atoms with Crippen LogP contribution in [0.4, 0.5) is 4.79 Å². The highest BCUT2D eigenvalue weighted by Gasteiger charge is 2.41. The van der Waals surface area contributed by atoms with Gasteiger partial charge in [-0.1, -0.05) is 0 Å². The smallest absolute Gasteiger partial charge is 0.408 e. The SMILES string of the molecule is C[C@@H](NC(=O)OC(C)(C)C)C(=O)N1CC2CCC2C1. The molecule has 2 rings (SSSR count). The summed E-state index contributed by atoms with van der Waals surface area (Å²) in [5.74, 6) is 1.38. The van der Waals surface area contributed by atoms with E-state index in [0.717, 1.165) is 13.1 Å². The molecule has 0 spiro atoms.